The first-order valence-corrected chi connectivity index (χ1v) is 11.2. The number of halogens is 2. The van der Waals surface area contributed by atoms with Gasteiger partial charge in [-0.1, -0.05) is 48.0 Å². The molecule has 0 spiro atoms. The van der Waals surface area contributed by atoms with Crippen molar-refractivity contribution < 1.29 is 14.3 Å². The minimum atomic E-state index is -0.256. The van der Waals surface area contributed by atoms with Crippen LogP contribution in [0.4, 0.5) is 5.69 Å². The van der Waals surface area contributed by atoms with Crippen molar-refractivity contribution in [3.63, 3.8) is 0 Å². The van der Waals surface area contributed by atoms with E-state index in [1.165, 1.54) is 0 Å². The van der Waals surface area contributed by atoms with E-state index in [0.29, 0.717) is 34.2 Å². The van der Waals surface area contributed by atoms with Crippen LogP contribution in [0.25, 0.3) is 0 Å². The van der Waals surface area contributed by atoms with Crippen molar-refractivity contribution in [3.05, 3.63) is 87.4 Å². The maximum Gasteiger partial charge on any atom is 0.259 e. The smallest absolute Gasteiger partial charge is 0.259 e. The molecule has 0 radical (unpaired) electrons. The quantitative estimate of drug-likeness (QED) is 0.270. The Morgan fingerprint density at radius 3 is 2.59 bits per heavy atom. The Morgan fingerprint density at radius 2 is 1.84 bits per heavy atom. The first kappa shape index (κ1) is 23.6. The molecule has 0 saturated carbocycles. The number of hydrogen-bond donors (Lipinski definition) is 2. The van der Waals surface area contributed by atoms with Gasteiger partial charge in [-0.25, -0.2) is 5.43 Å². The Morgan fingerprint density at radius 1 is 1.09 bits per heavy atom. The Bertz CT molecular complexity index is 1080. The Labute approximate surface area is 200 Å². The topological polar surface area (TPSA) is 72.0 Å². The predicted molar refractivity (Wildman–Crippen MR) is 132 cm³/mol. The minimum Gasteiger partial charge on any atom is -0.490 e. The van der Waals surface area contributed by atoms with Crippen LogP contribution >= 0.6 is 27.5 Å². The van der Waals surface area contributed by atoms with Gasteiger partial charge in [-0.15, -0.1) is 0 Å². The molecule has 0 aliphatic heterocycles. The third-order valence-corrected chi connectivity index (χ3v) is 5.25. The summed E-state index contributed by atoms with van der Waals surface area (Å²) in [4.78, 5) is 12.0. The molecule has 0 unspecified atom stereocenters. The number of carbonyl (C=O) groups excluding carboxylic acids is 1. The van der Waals surface area contributed by atoms with E-state index in [1.54, 1.807) is 12.3 Å². The van der Waals surface area contributed by atoms with Gasteiger partial charge in [-0.2, -0.15) is 5.10 Å². The second-order valence-electron chi connectivity index (χ2n) is 6.66. The lowest BCUT2D eigenvalue weighted by molar-refractivity contribution is -0.119. The fourth-order valence-electron chi connectivity index (χ4n) is 2.79. The van der Waals surface area contributed by atoms with Crippen LogP contribution in [0.15, 0.2) is 76.3 Å². The number of ether oxygens (including phenoxy) is 2. The third-order valence-electron chi connectivity index (χ3n) is 4.29. The number of benzene rings is 3. The van der Waals surface area contributed by atoms with Crippen molar-refractivity contribution in [1.29, 1.82) is 0 Å². The number of carbonyl (C=O) groups is 1. The molecule has 32 heavy (non-hydrogen) atoms. The zero-order valence-electron chi connectivity index (χ0n) is 17.5. The molecule has 1 amide bonds. The molecule has 8 heteroatoms. The monoisotopic (exact) mass is 515 g/mol. The van der Waals surface area contributed by atoms with Crippen LogP contribution in [0, 0.1) is 0 Å². The molecule has 0 bridgehead atoms. The molecule has 0 aliphatic rings. The van der Waals surface area contributed by atoms with E-state index < -0.39 is 0 Å². The van der Waals surface area contributed by atoms with Gasteiger partial charge in [0.2, 0.25) is 0 Å². The number of para-hydroxylation sites is 1. The van der Waals surface area contributed by atoms with Crippen molar-refractivity contribution in [3.8, 4) is 11.5 Å². The summed E-state index contributed by atoms with van der Waals surface area (Å²) in [6, 6.07) is 20.6. The zero-order valence-corrected chi connectivity index (χ0v) is 19.8. The van der Waals surface area contributed by atoms with Crippen molar-refractivity contribution in [2.24, 2.45) is 5.10 Å². The lowest BCUT2D eigenvalue weighted by Crippen LogP contribution is -2.25. The van der Waals surface area contributed by atoms with E-state index in [2.05, 4.69) is 31.8 Å². The van der Waals surface area contributed by atoms with Crippen LogP contribution in [0.2, 0.25) is 5.02 Å². The van der Waals surface area contributed by atoms with Gasteiger partial charge in [0.25, 0.3) is 5.91 Å². The molecule has 0 fully saturated rings. The SMILES string of the molecule is CCOc1cc(/C=N\NC(=O)CNc2ccccc2)cc(Br)c1OCc1ccccc1Cl. The van der Waals surface area contributed by atoms with E-state index in [-0.39, 0.29) is 12.5 Å². The summed E-state index contributed by atoms with van der Waals surface area (Å²) in [6.45, 7) is 2.78. The number of hydrogen-bond acceptors (Lipinski definition) is 5. The van der Waals surface area contributed by atoms with Crippen LogP contribution in [-0.4, -0.2) is 25.3 Å². The van der Waals surface area contributed by atoms with Gasteiger partial charge in [0, 0.05) is 16.3 Å². The minimum absolute atomic E-state index is 0.115. The van der Waals surface area contributed by atoms with Crippen LogP contribution in [-0.2, 0) is 11.4 Å². The van der Waals surface area contributed by atoms with Crippen molar-refractivity contribution in [1.82, 2.24) is 5.43 Å². The lowest BCUT2D eigenvalue weighted by atomic mass is 10.2. The summed E-state index contributed by atoms with van der Waals surface area (Å²) in [7, 11) is 0. The summed E-state index contributed by atoms with van der Waals surface area (Å²) in [5.41, 5.74) is 4.98. The highest BCUT2D eigenvalue weighted by Gasteiger charge is 2.13. The summed E-state index contributed by atoms with van der Waals surface area (Å²) in [6.07, 6.45) is 1.55. The summed E-state index contributed by atoms with van der Waals surface area (Å²) in [5, 5.41) is 7.70. The molecule has 0 atom stereocenters. The summed E-state index contributed by atoms with van der Waals surface area (Å²) >= 11 is 9.75. The van der Waals surface area contributed by atoms with Crippen LogP contribution in [0.5, 0.6) is 11.5 Å². The Balaban J connectivity index is 1.62. The predicted octanol–water partition coefficient (Wildman–Crippen LogP) is 5.64. The van der Waals surface area contributed by atoms with Gasteiger partial charge in [0.1, 0.15) is 6.61 Å². The fourth-order valence-corrected chi connectivity index (χ4v) is 3.55. The van der Waals surface area contributed by atoms with E-state index in [9.17, 15) is 4.79 Å². The largest absolute Gasteiger partial charge is 0.490 e. The molecule has 0 aliphatic carbocycles. The number of hydrazone groups is 1. The summed E-state index contributed by atoms with van der Waals surface area (Å²) < 4.78 is 12.4. The standard InChI is InChI=1S/C24H23BrClN3O3/c1-2-31-22-13-17(14-28-29-23(30)15-27-19-9-4-3-5-10-19)12-20(25)24(22)32-16-18-8-6-7-11-21(18)26/h3-14,27H,2,15-16H2,1H3,(H,29,30)/b28-14-. The molecular weight excluding hydrogens is 494 g/mol. The lowest BCUT2D eigenvalue weighted by Gasteiger charge is -2.15. The molecule has 3 rings (SSSR count). The molecule has 3 aromatic carbocycles. The molecule has 2 N–H and O–H groups in total. The van der Waals surface area contributed by atoms with Crippen molar-refractivity contribution in [2.75, 3.05) is 18.5 Å². The average Bonchev–Trinajstić information content (AvgIpc) is 2.79. The molecular formula is C24H23BrClN3O3. The summed E-state index contributed by atoms with van der Waals surface area (Å²) in [5.74, 6) is 0.876. The fraction of sp³-hybridized carbons (Fsp3) is 0.167. The number of nitrogens with zero attached hydrogens (tertiary/aromatic N) is 1. The van der Waals surface area contributed by atoms with Crippen LogP contribution in [0.1, 0.15) is 18.1 Å². The first-order valence-electron chi connectivity index (χ1n) is 10.00. The highest BCUT2D eigenvalue weighted by Crippen LogP contribution is 2.37. The van der Waals surface area contributed by atoms with Crippen molar-refractivity contribution >= 4 is 45.3 Å². The molecule has 0 saturated heterocycles. The Hall–Kier alpha value is -3.03. The second kappa shape index (κ2) is 12.1. The van der Waals surface area contributed by atoms with Crippen molar-refractivity contribution in [2.45, 2.75) is 13.5 Å². The number of nitrogens with one attached hydrogen (secondary N) is 2. The third kappa shape index (κ3) is 7.00. The van der Waals surface area contributed by atoms with Gasteiger partial charge < -0.3 is 14.8 Å². The van der Waals surface area contributed by atoms with E-state index in [1.807, 2.05) is 67.6 Å². The normalized spacial score (nSPS) is 10.7. The molecule has 0 heterocycles. The Kier molecular flexibility index (Phi) is 8.95. The van der Waals surface area contributed by atoms with E-state index >= 15 is 0 Å². The van der Waals surface area contributed by atoms with Gasteiger partial charge in [0.15, 0.2) is 11.5 Å². The van der Waals surface area contributed by atoms with Gasteiger partial charge in [-0.3, -0.25) is 4.79 Å². The van der Waals surface area contributed by atoms with Crippen LogP contribution in [0.3, 0.4) is 0 Å². The number of rotatable bonds is 10. The van der Waals surface area contributed by atoms with E-state index in [0.717, 1.165) is 16.8 Å². The highest BCUT2D eigenvalue weighted by molar-refractivity contribution is 9.10. The second-order valence-corrected chi connectivity index (χ2v) is 7.92. The van der Waals surface area contributed by atoms with E-state index in [4.69, 9.17) is 21.1 Å². The van der Waals surface area contributed by atoms with Gasteiger partial charge in [0.05, 0.1) is 23.8 Å². The van der Waals surface area contributed by atoms with Gasteiger partial charge >= 0.3 is 0 Å². The number of amides is 1. The maximum atomic E-state index is 12.0. The number of anilines is 1. The average molecular weight is 517 g/mol. The van der Waals surface area contributed by atoms with Crippen LogP contribution < -0.4 is 20.2 Å². The molecule has 6 nitrogen and oxygen atoms in total. The zero-order chi connectivity index (χ0) is 22.8. The first-order chi connectivity index (χ1) is 15.6. The highest BCUT2D eigenvalue weighted by atomic mass is 79.9. The maximum absolute atomic E-state index is 12.0. The molecule has 3 aromatic rings. The molecule has 166 valence electrons. The van der Waals surface area contributed by atoms with Gasteiger partial charge in [-0.05, 0) is 58.7 Å². The molecule has 0 aromatic heterocycles.